The van der Waals surface area contributed by atoms with Gasteiger partial charge in [-0.3, -0.25) is 0 Å². The van der Waals surface area contributed by atoms with Gasteiger partial charge in [0.15, 0.2) is 5.00 Å². The van der Waals surface area contributed by atoms with Gasteiger partial charge in [-0.1, -0.05) is 69.6 Å². The third-order valence-corrected chi connectivity index (χ3v) is 3.81. The summed E-state index contributed by atoms with van der Waals surface area (Å²) in [6.07, 6.45) is -0.755. The summed E-state index contributed by atoms with van der Waals surface area (Å²) in [5.41, 5.74) is 0.00708. The minimum Gasteiger partial charge on any atom is -0.370 e. The van der Waals surface area contributed by atoms with E-state index in [1.165, 1.54) is 0 Å². The van der Waals surface area contributed by atoms with Crippen LogP contribution < -0.4 is 0 Å². The molecule has 0 saturated heterocycles. The summed E-state index contributed by atoms with van der Waals surface area (Å²) in [7, 11) is 0. The molecule has 18 heavy (non-hydrogen) atoms. The first kappa shape index (κ1) is 16.7. The second-order valence-corrected chi connectivity index (χ2v) is 7.27. The third kappa shape index (κ3) is 3.58. The smallest absolute Gasteiger partial charge is 0.213 e. The Morgan fingerprint density at radius 3 is 2.44 bits per heavy atom. The first-order valence-corrected chi connectivity index (χ1v) is 6.82. The van der Waals surface area contributed by atoms with Gasteiger partial charge < -0.3 is 4.74 Å². The average molecular weight is 371 g/mol. The minimum absolute atomic E-state index is 0.00139. The molecule has 0 aromatic heterocycles. The second-order valence-electron chi connectivity index (χ2n) is 3.45. The first-order chi connectivity index (χ1) is 8.12. The Kier molecular flexibility index (Phi) is 5.49. The normalized spacial score (nSPS) is 26.0. The Morgan fingerprint density at radius 1 is 1.44 bits per heavy atom. The molecule has 0 aliphatic carbocycles. The maximum Gasteiger partial charge on any atom is 0.213 e. The maximum atomic E-state index is 9.02. The summed E-state index contributed by atoms with van der Waals surface area (Å²) in [5.74, 6) is 0. The summed E-state index contributed by atoms with van der Waals surface area (Å²) in [5, 5.41) is 8.97. The molecule has 0 bridgehead atoms. The summed E-state index contributed by atoms with van der Waals surface area (Å²) in [6, 6.07) is 1.85. The number of halogens is 6. The van der Waals surface area contributed by atoms with E-state index in [1.807, 2.05) is 6.07 Å². The minimum atomic E-state index is -1.59. The number of nitriles is 1. The molecular formula is C9H6Cl6N2O. The Morgan fingerprint density at radius 2 is 2.00 bits per heavy atom. The molecule has 1 aliphatic heterocycles. The van der Waals surface area contributed by atoms with Crippen LogP contribution in [0.2, 0.25) is 0 Å². The van der Waals surface area contributed by atoms with E-state index in [2.05, 4.69) is 4.99 Å². The molecule has 0 saturated carbocycles. The molecule has 2 atom stereocenters. The number of rotatable bonds is 3. The summed E-state index contributed by atoms with van der Waals surface area (Å²) >= 11 is 34.4. The Bertz CT molecular complexity index is 449. The van der Waals surface area contributed by atoms with Crippen LogP contribution in [0.15, 0.2) is 15.6 Å². The molecule has 100 valence electrons. The average Bonchev–Trinajstić information content (AvgIpc) is 2.46. The molecule has 1 aliphatic rings. The lowest BCUT2D eigenvalue weighted by atomic mass is 10.1. The molecule has 0 amide bonds. The lowest BCUT2D eigenvalue weighted by Gasteiger charge is -2.27. The molecule has 0 radical (unpaired) electrons. The van der Waals surface area contributed by atoms with Crippen molar-refractivity contribution in [1.29, 1.82) is 5.26 Å². The molecule has 0 spiro atoms. The number of aliphatic imine (C=N–C) groups is 1. The van der Waals surface area contributed by atoms with Gasteiger partial charge in [0.1, 0.15) is 11.2 Å². The number of hydrogen-bond acceptors (Lipinski definition) is 3. The fraction of sp³-hybridized carbons (Fsp3) is 0.556. The molecule has 3 nitrogen and oxygen atoms in total. The van der Waals surface area contributed by atoms with E-state index in [-0.39, 0.29) is 22.4 Å². The van der Waals surface area contributed by atoms with Crippen molar-refractivity contribution in [3.8, 4) is 6.07 Å². The molecule has 0 aromatic rings. The van der Waals surface area contributed by atoms with Crippen molar-refractivity contribution in [2.45, 2.75) is 21.8 Å². The highest BCUT2D eigenvalue weighted by Gasteiger charge is 2.46. The number of hydrogen-bond donors (Lipinski definition) is 0. The van der Waals surface area contributed by atoms with Crippen LogP contribution in [0.25, 0.3) is 0 Å². The van der Waals surface area contributed by atoms with Crippen molar-refractivity contribution in [3.63, 3.8) is 0 Å². The molecule has 1 heterocycles. The van der Waals surface area contributed by atoms with Gasteiger partial charge in [0.25, 0.3) is 0 Å². The number of ether oxygens (including phenoxy) is 1. The molecule has 2 unspecified atom stereocenters. The molecule has 9 heteroatoms. The van der Waals surface area contributed by atoms with Gasteiger partial charge in [-0.05, 0) is 6.92 Å². The van der Waals surface area contributed by atoms with Crippen LogP contribution in [0.4, 0.5) is 0 Å². The van der Waals surface area contributed by atoms with Gasteiger partial charge >= 0.3 is 0 Å². The standard InChI is InChI=1S/C9H6Cl6N2O/c1-4(18-3-8(12,13)14)9(15)5(2-16)6(10)7(11)17-9/h4H,3H2,1H3. The monoisotopic (exact) mass is 368 g/mol. The van der Waals surface area contributed by atoms with E-state index in [0.717, 1.165) is 0 Å². The van der Waals surface area contributed by atoms with Crippen LogP contribution in [0, 0.1) is 11.3 Å². The predicted molar refractivity (Wildman–Crippen MR) is 76.1 cm³/mol. The van der Waals surface area contributed by atoms with Crippen molar-refractivity contribution < 1.29 is 4.74 Å². The van der Waals surface area contributed by atoms with Crippen molar-refractivity contribution >= 4 is 74.8 Å². The van der Waals surface area contributed by atoms with Gasteiger partial charge in [-0.15, -0.1) is 0 Å². The van der Waals surface area contributed by atoms with Crippen LogP contribution in [0.1, 0.15) is 6.92 Å². The van der Waals surface area contributed by atoms with Crippen LogP contribution in [-0.4, -0.2) is 26.7 Å². The number of allylic oxidation sites excluding steroid dienone is 1. The van der Waals surface area contributed by atoms with Crippen LogP contribution in [0.3, 0.4) is 0 Å². The van der Waals surface area contributed by atoms with Gasteiger partial charge in [-0.25, -0.2) is 4.99 Å². The van der Waals surface area contributed by atoms with E-state index in [1.54, 1.807) is 6.92 Å². The molecular weight excluding hydrogens is 365 g/mol. The lowest BCUT2D eigenvalue weighted by molar-refractivity contribution is 0.0513. The SMILES string of the molecule is CC(OCC(Cl)(Cl)Cl)C1(Cl)N=C(Cl)C(Cl)=C1C#N. The van der Waals surface area contributed by atoms with Crippen molar-refractivity contribution in [2.75, 3.05) is 6.61 Å². The molecule has 0 fully saturated rings. The topological polar surface area (TPSA) is 45.4 Å². The molecule has 0 aromatic carbocycles. The Hall–Kier alpha value is 0.600. The zero-order valence-corrected chi connectivity index (χ0v) is 13.4. The van der Waals surface area contributed by atoms with Crippen LogP contribution in [-0.2, 0) is 4.74 Å². The van der Waals surface area contributed by atoms with Crippen molar-refractivity contribution in [2.24, 2.45) is 4.99 Å². The van der Waals surface area contributed by atoms with E-state index < -0.39 is 14.9 Å². The fourth-order valence-electron chi connectivity index (χ4n) is 1.26. The zero-order valence-electron chi connectivity index (χ0n) is 8.85. The van der Waals surface area contributed by atoms with E-state index in [4.69, 9.17) is 79.6 Å². The van der Waals surface area contributed by atoms with Crippen LogP contribution in [0.5, 0.6) is 0 Å². The quantitative estimate of drug-likeness (QED) is 0.547. The van der Waals surface area contributed by atoms with Gasteiger partial charge in [0, 0.05) is 0 Å². The summed E-state index contributed by atoms with van der Waals surface area (Å²) in [4.78, 5) is 2.42. The van der Waals surface area contributed by atoms with Gasteiger partial charge in [-0.2, -0.15) is 5.26 Å². The summed E-state index contributed by atoms with van der Waals surface area (Å²) in [6.45, 7) is 1.36. The van der Waals surface area contributed by atoms with E-state index >= 15 is 0 Å². The highest BCUT2D eigenvalue weighted by molar-refractivity contribution is 6.77. The predicted octanol–water partition coefficient (Wildman–Crippen LogP) is 4.36. The van der Waals surface area contributed by atoms with E-state index in [0.29, 0.717) is 0 Å². The summed E-state index contributed by atoms with van der Waals surface area (Å²) < 4.78 is 3.70. The number of nitrogens with zero attached hydrogens (tertiary/aromatic N) is 2. The fourth-order valence-corrected chi connectivity index (χ4v) is 2.28. The maximum absolute atomic E-state index is 9.02. The molecule has 1 rings (SSSR count). The Balaban J connectivity index is 2.92. The number of alkyl halides is 4. The third-order valence-electron chi connectivity index (χ3n) is 2.16. The zero-order chi connectivity index (χ0) is 14.1. The van der Waals surface area contributed by atoms with Crippen molar-refractivity contribution in [1.82, 2.24) is 0 Å². The first-order valence-electron chi connectivity index (χ1n) is 4.55. The molecule has 0 N–H and O–H groups in total. The lowest BCUT2D eigenvalue weighted by Crippen LogP contribution is -2.37. The highest BCUT2D eigenvalue weighted by atomic mass is 35.6. The Labute approximate surface area is 134 Å². The van der Waals surface area contributed by atoms with E-state index in [9.17, 15) is 0 Å². The van der Waals surface area contributed by atoms with Crippen molar-refractivity contribution in [3.05, 3.63) is 10.6 Å². The van der Waals surface area contributed by atoms with Crippen LogP contribution >= 0.6 is 69.6 Å². The largest absolute Gasteiger partial charge is 0.370 e. The van der Waals surface area contributed by atoms with Gasteiger partial charge in [0.2, 0.25) is 3.79 Å². The second kappa shape index (κ2) is 5.93. The van der Waals surface area contributed by atoms with Gasteiger partial charge in [0.05, 0.1) is 23.3 Å². The highest BCUT2D eigenvalue weighted by Crippen LogP contribution is 2.42.